The molecule has 1 heterocycles. The van der Waals surface area contributed by atoms with E-state index < -0.39 is 22.8 Å². The summed E-state index contributed by atoms with van der Waals surface area (Å²) in [6, 6.07) is 15.6. The Labute approximate surface area is 197 Å². The minimum Gasteiger partial charge on any atom is -0.466 e. The van der Waals surface area contributed by atoms with Crippen LogP contribution in [0.1, 0.15) is 37.3 Å². The van der Waals surface area contributed by atoms with Crippen molar-refractivity contribution in [2.45, 2.75) is 26.2 Å². The quantitative estimate of drug-likeness (QED) is 0.263. The second kappa shape index (κ2) is 11.1. The molecule has 1 N–H and O–H groups in total. The van der Waals surface area contributed by atoms with Crippen molar-refractivity contribution in [3.05, 3.63) is 104 Å². The monoisotopic (exact) mass is 462 g/mol. The van der Waals surface area contributed by atoms with Crippen LogP contribution in [-0.4, -0.2) is 30.6 Å². The summed E-state index contributed by atoms with van der Waals surface area (Å²) in [5.41, 5.74) is 2.73. The van der Waals surface area contributed by atoms with Gasteiger partial charge in [0.05, 0.1) is 35.7 Å². The van der Waals surface area contributed by atoms with Gasteiger partial charge in [0.25, 0.3) is 5.69 Å². The van der Waals surface area contributed by atoms with Gasteiger partial charge in [-0.15, -0.1) is 0 Å². The van der Waals surface area contributed by atoms with Crippen molar-refractivity contribution in [3.63, 3.8) is 0 Å². The van der Waals surface area contributed by atoms with Crippen LogP contribution in [0, 0.1) is 10.1 Å². The average molecular weight is 463 g/mol. The third-order valence-corrected chi connectivity index (χ3v) is 5.43. The van der Waals surface area contributed by atoms with Gasteiger partial charge in [0.15, 0.2) is 0 Å². The second-order valence-electron chi connectivity index (χ2n) is 7.72. The molecule has 34 heavy (non-hydrogen) atoms. The van der Waals surface area contributed by atoms with Gasteiger partial charge < -0.3 is 14.8 Å². The van der Waals surface area contributed by atoms with Crippen molar-refractivity contribution >= 4 is 23.7 Å². The van der Waals surface area contributed by atoms with Gasteiger partial charge in [-0.3, -0.25) is 10.1 Å². The lowest BCUT2D eigenvalue weighted by Crippen LogP contribution is -2.32. The van der Waals surface area contributed by atoms with Crippen LogP contribution in [0.2, 0.25) is 0 Å². The number of non-ortho nitro benzene ring substituents is 1. The first kappa shape index (κ1) is 24.4. The third-order valence-electron chi connectivity index (χ3n) is 5.43. The third kappa shape index (κ3) is 5.58. The van der Waals surface area contributed by atoms with Crippen LogP contribution in [0.15, 0.2) is 83.2 Å². The van der Waals surface area contributed by atoms with E-state index in [9.17, 15) is 19.7 Å². The first-order valence-electron chi connectivity index (χ1n) is 10.7. The average Bonchev–Trinajstić information content (AvgIpc) is 2.83. The molecule has 8 heteroatoms. The lowest BCUT2D eigenvalue weighted by molar-refractivity contribution is -0.384. The van der Waals surface area contributed by atoms with E-state index in [0.29, 0.717) is 23.4 Å². The highest BCUT2D eigenvalue weighted by atomic mass is 16.6. The number of hydrogen-bond donors (Lipinski definition) is 1. The lowest BCUT2D eigenvalue weighted by atomic mass is 9.80. The van der Waals surface area contributed by atoms with E-state index in [4.69, 9.17) is 9.47 Å². The number of carbonyl (C=O) groups excluding carboxylic acids is 2. The van der Waals surface area contributed by atoms with Gasteiger partial charge in [0, 0.05) is 23.5 Å². The number of nitro benzene ring substituents is 1. The number of nitro groups is 1. The molecule has 2 aromatic carbocycles. The molecule has 0 fully saturated rings. The Bertz CT molecular complexity index is 1180. The summed E-state index contributed by atoms with van der Waals surface area (Å²) in [7, 11) is 1.25. The Balaban J connectivity index is 1.87. The van der Waals surface area contributed by atoms with E-state index in [1.807, 2.05) is 42.5 Å². The largest absolute Gasteiger partial charge is 0.466 e. The van der Waals surface area contributed by atoms with E-state index in [-0.39, 0.29) is 23.4 Å². The number of hydrogen-bond acceptors (Lipinski definition) is 7. The molecule has 0 bridgehead atoms. The molecule has 0 amide bonds. The fourth-order valence-electron chi connectivity index (χ4n) is 3.88. The number of esters is 2. The maximum absolute atomic E-state index is 13.2. The number of allylic oxidation sites excluding steroid dienone is 2. The molecular weight excluding hydrogens is 436 g/mol. The fraction of sp³-hybridized carbons (Fsp3) is 0.231. The summed E-state index contributed by atoms with van der Waals surface area (Å²) < 4.78 is 10.5. The predicted molar refractivity (Wildman–Crippen MR) is 127 cm³/mol. The van der Waals surface area contributed by atoms with Crippen molar-refractivity contribution in [1.29, 1.82) is 0 Å². The summed E-state index contributed by atoms with van der Waals surface area (Å²) in [6.45, 7) is 3.53. The van der Waals surface area contributed by atoms with E-state index in [0.717, 1.165) is 5.56 Å². The Kier molecular flexibility index (Phi) is 7.97. The minimum atomic E-state index is -0.874. The van der Waals surface area contributed by atoms with Crippen molar-refractivity contribution < 1.29 is 24.0 Å². The van der Waals surface area contributed by atoms with Gasteiger partial charge in [-0.2, -0.15) is 0 Å². The summed E-state index contributed by atoms with van der Waals surface area (Å²) in [5, 5.41) is 14.4. The summed E-state index contributed by atoms with van der Waals surface area (Å²) in [5.74, 6) is -2.12. The molecule has 0 aromatic heterocycles. The van der Waals surface area contributed by atoms with Crippen LogP contribution < -0.4 is 5.32 Å². The standard InChI is InChI=1S/C26H26N2O6/c1-17-22(25(29)33-3)24(20-13-9-14-21(16-20)28(31)32)23(18(2)27-17)26(30)34-15-8-7-12-19-10-5-4-6-11-19/h4-7,9-14,16,24,27H,8,15H2,1-3H3/b12-7+. The highest BCUT2D eigenvalue weighted by Crippen LogP contribution is 2.40. The van der Waals surface area contributed by atoms with Crippen LogP contribution in [0.3, 0.4) is 0 Å². The SMILES string of the molecule is COC(=O)C1=C(C)NC(C)=C(C(=O)OCC/C=C/c2ccccc2)C1c1cccc([N+](=O)[O-])c1. The number of methoxy groups -OCH3 is 1. The zero-order chi connectivity index (χ0) is 24.7. The van der Waals surface area contributed by atoms with Crippen molar-refractivity contribution in [2.75, 3.05) is 13.7 Å². The van der Waals surface area contributed by atoms with Gasteiger partial charge in [-0.05, 0) is 31.4 Å². The lowest BCUT2D eigenvalue weighted by Gasteiger charge is -2.30. The molecule has 0 radical (unpaired) electrons. The molecule has 0 saturated heterocycles. The molecule has 1 unspecified atom stereocenters. The van der Waals surface area contributed by atoms with Gasteiger partial charge in [0.2, 0.25) is 0 Å². The van der Waals surface area contributed by atoms with E-state index in [2.05, 4.69) is 5.32 Å². The number of nitrogens with one attached hydrogen (secondary N) is 1. The zero-order valence-electron chi connectivity index (χ0n) is 19.2. The Morgan fingerprint density at radius 2 is 1.71 bits per heavy atom. The van der Waals surface area contributed by atoms with Crippen LogP contribution in [0.5, 0.6) is 0 Å². The van der Waals surface area contributed by atoms with Crippen molar-refractivity contribution in [2.24, 2.45) is 0 Å². The van der Waals surface area contributed by atoms with Crippen LogP contribution in [0.4, 0.5) is 5.69 Å². The van der Waals surface area contributed by atoms with E-state index >= 15 is 0 Å². The predicted octanol–water partition coefficient (Wildman–Crippen LogP) is 4.65. The molecule has 176 valence electrons. The molecule has 3 rings (SSSR count). The van der Waals surface area contributed by atoms with Crippen molar-refractivity contribution in [3.8, 4) is 0 Å². The number of benzene rings is 2. The van der Waals surface area contributed by atoms with Gasteiger partial charge in [-0.25, -0.2) is 9.59 Å². The molecule has 0 spiro atoms. The van der Waals surface area contributed by atoms with Gasteiger partial charge in [-0.1, -0.05) is 54.6 Å². The van der Waals surface area contributed by atoms with Gasteiger partial charge in [0.1, 0.15) is 0 Å². The Morgan fingerprint density at radius 3 is 2.35 bits per heavy atom. The summed E-state index contributed by atoms with van der Waals surface area (Å²) >= 11 is 0. The van der Waals surface area contributed by atoms with Crippen LogP contribution in [0.25, 0.3) is 6.08 Å². The summed E-state index contributed by atoms with van der Waals surface area (Å²) in [4.78, 5) is 36.6. The molecule has 1 aliphatic rings. The Hall–Kier alpha value is -4.20. The highest BCUT2D eigenvalue weighted by Gasteiger charge is 2.38. The first-order valence-corrected chi connectivity index (χ1v) is 10.7. The molecule has 2 aromatic rings. The molecule has 8 nitrogen and oxygen atoms in total. The number of nitrogens with zero attached hydrogens (tertiary/aromatic N) is 1. The minimum absolute atomic E-state index is 0.136. The second-order valence-corrected chi connectivity index (χ2v) is 7.72. The number of carbonyl (C=O) groups is 2. The van der Waals surface area contributed by atoms with Gasteiger partial charge >= 0.3 is 11.9 Å². The number of dihydropyridines is 1. The summed E-state index contributed by atoms with van der Waals surface area (Å²) in [6.07, 6.45) is 4.35. The molecular formula is C26H26N2O6. The maximum Gasteiger partial charge on any atom is 0.336 e. The first-order chi connectivity index (χ1) is 16.3. The molecule has 1 atom stereocenters. The zero-order valence-corrected chi connectivity index (χ0v) is 19.2. The normalized spacial score (nSPS) is 15.8. The van der Waals surface area contributed by atoms with E-state index in [1.54, 1.807) is 19.9 Å². The maximum atomic E-state index is 13.2. The number of ether oxygens (including phenoxy) is 2. The highest BCUT2D eigenvalue weighted by molar-refractivity contribution is 5.99. The Morgan fingerprint density at radius 1 is 1.03 bits per heavy atom. The molecule has 0 saturated carbocycles. The van der Waals surface area contributed by atoms with Crippen LogP contribution in [-0.2, 0) is 19.1 Å². The smallest absolute Gasteiger partial charge is 0.336 e. The van der Waals surface area contributed by atoms with Crippen LogP contribution >= 0.6 is 0 Å². The molecule has 1 aliphatic heterocycles. The molecule has 0 aliphatic carbocycles. The number of rotatable bonds is 8. The van der Waals surface area contributed by atoms with Crippen molar-refractivity contribution in [1.82, 2.24) is 5.32 Å². The topological polar surface area (TPSA) is 108 Å². The van der Waals surface area contributed by atoms with E-state index in [1.165, 1.54) is 25.3 Å². The fourth-order valence-corrected chi connectivity index (χ4v) is 3.88.